The molecule has 4 rings (SSSR count). The molecule has 6 heteroatoms. The molecular weight excluding hydrogens is 384 g/mol. The van der Waals surface area contributed by atoms with Crippen molar-refractivity contribution in [2.45, 2.75) is 6.54 Å². The van der Waals surface area contributed by atoms with E-state index in [1.807, 2.05) is 65.2 Å². The Morgan fingerprint density at radius 3 is 2.69 bits per heavy atom. The summed E-state index contributed by atoms with van der Waals surface area (Å²) in [4.78, 5) is 17.2. The summed E-state index contributed by atoms with van der Waals surface area (Å²) in [6.07, 6.45) is 5.50. The molecule has 0 spiro atoms. The molecule has 29 heavy (non-hydrogen) atoms. The molecule has 5 nitrogen and oxygen atoms in total. The van der Waals surface area contributed by atoms with Crippen molar-refractivity contribution in [3.63, 3.8) is 0 Å². The molecule has 0 aliphatic heterocycles. The van der Waals surface area contributed by atoms with Gasteiger partial charge in [0.15, 0.2) is 11.4 Å². The summed E-state index contributed by atoms with van der Waals surface area (Å²) in [5.41, 5.74) is 0.913. The third-order valence-corrected chi connectivity index (χ3v) is 5.48. The lowest BCUT2D eigenvalue weighted by molar-refractivity contribution is -0.120. The van der Waals surface area contributed by atoms with Crippen LogP contribution in [0.3, 0.4) is 0 Å². The van der Waals surface area contributed by atoms with Crippen LogP contribution in [0.2, 0.25) is 0 Å². The Bertz CT molecular complexity index is 1310. The number of amides is 1. The number of methoxy groups -OCH3 is 1. The van der Waals surface area contributed by atoms with Crippen LogP contribution in [-0.2, 0) is 11.3 Å². The Morgan fingerprint density at radius 2 is 1.90 bits per heavy atom. The highest BCUT2D eigenvalue weighted by Crippen LogP contribution is 2.23. The van der Waals surface area contributed by atoms with Crippen molar-refractivity contribution in [3.8, 4) is 23.8 Å². The number of carbonyl (C=O) groups is 1. The highest BCUT2D eigenvalue weighted by Gasteiger charge is 2.09. The van der Waals surface area contributed by atoms with Crippen molar-refractivity contribution < 1.29 is 14.3 Å². The lowest BCUT2D eigenvalue weighted by atomic mass is 10.1. The van der Waals surface area contributed by atoms with E-state index in [-0.39, 0.29) is 12.5 Å². The molecule has 4 aromatic rings. The van der Waals surface area contributed by atoms with Gasteiger partial charge in [0.2, 0.25) is 0 Å². The molecule has 0 saturated carbocycles. The summed E-state index contributed by atoms with van der Waals surface area (Å²) >= 11 is 1.39. The summed E-state index contributed by atoms with van der Waals surface area (Å²) in [6, 6.07) is 19.4. The quantitative estimate of drug-likeness (QED) is 0.474. The lowest BCUT2D eigenvalue weighted by Gasteiger charge is -2.05. The molecule has 0 fully saturated rings. The smallest absolute Gasteiger partial charge is 0.286 e. The minimum Gasteiger partial charge on any atom is -0.497 e. The molecule has 144 valence electrons. The number of terminal acetylenes is 1. The molecule has 1 heterocycles. The Labute approximate surface area is 171 Å². The minimum absolute atomic E-state index is 0.147. The van der Waals surface area contributed by atoms with E-state index < -0.39 is 0 Å². The second-order valence-electron chi connectivity index (χ2n) is 6.31. The first-order valence-electron chi connectivity index (χ1n) is 8.98. The van der Waals surface area contributed by atoms with E-state index in [1.54, 1.807) is 7.11 Å². The largest absolute Gasteiger partial charge is 0.497 e. The number of ether oxygens (including phenoxy) is 2. The van der Waals surface area contributed by atoms with Gasteiger partial charge in [-0.3, -0.25) is 4.79 Å². The molecule has 0 saturated heterocycles. The van der Waals surface area contributed by atoms with E-state index in [1.165, 1.54) is 11.3 Å². The molecule has 0 bridgehead atoms. The second kappa shape index (κ2) is 8.21. The molecule has 1 aromatic heterocycles. The monoisotopic (exact) mass is 402 g/mol. The van der Waals surface area contributed by atoms with Gasteiger partial charge in [0.25, 0.3) is 5.91 Å². The van der Waals surface area contributed by atoms with E-state index >= 15 is 0 Å². The van der Waals surface area contributed by atoms with Gasteiger partial charge < -0.3 is 14.0 Å². The van der Waals surface area contributed by atoms with Crippen LogP contribution in [0, 0.1) is 12.3 Å². The Morgan fingerprint density at radius 1 is 1.10 bits per heavy atom. The first-order chi connectivity index (χ1) is 14.2. The van der Waals surface area contributed by atoms with Crippen molar-refractivity contribution >= 4 is 38.2 Å². The zero-order valence-corrected chi connectivity index (χ0v) is 16.6. The number of hydrogen-bond acceptors (Lipinski definition) is 4. The average molecular weight is 402 g/mol. The van der Waals surface area contributed by atoms with Gasteiger partial charge in [-0.15, -0.1) is 6.42 Å². The standard InChI is InChI=1S/C23H18N2O3S/c1-3-12-25-20-11-10-18(27-2)14-21(20)29-23(25)24-22(26)15-28-19-9-8-16-6-4-5-7-17(16)13-19/h1,4-11,13-14H,12,15H2,2H3. The number of aromatic nitrogens is 1. The molecule has 1 amide bonds. The number of nitrogens with zero attached hydrogens (tertiary/aromatic N) is 2. The maximum Gasteiger partial charge on any atom is 0.286 e. The van der Waals surface area contributed by atoms with Gasteiger partial charge in [-0.2, -0.15) is 4.99 Å². The van der Waals surface area contributed by atoms with Gasteiger partial charge in [-0.25, -0.2) is 0 Å². The molecule has 3 aromatic carbocycles. The third kappa shape index (κ3) is 4.00. The second-order valence-corrected chi connectivity index (χ2v) is 7.32. The van der Waals surface area contributed by atoms with Crippen LogP contribution in [0.4, 0.5) is 0 Å². The predicted octanol–water partition coefficient (Wildman–Crippen LogP) is 4.00. The van der Waals surface area contributed by atoms with Crippen molar-refractivity contribution in [1.82, 2.24) is 4.57 Å². The molecule has 0 atom stereocenters. The van der Waals surface area contributed by atoms with E-state index in [0.717, 1.165) is 26.7 Å². The fraction of sp³-hybridized carbons (Fsp3) is 0.130. The Kier molecular flexibility index (Phi) is 5.32. The summed E-state index contributed by atoms with van der Waals surface area (Å²) in [5, 5.41) is 2.17. The first-order valence-corrected chi connectivity index (χ1v) is 9.79. The Hall–Kier alpha value is -3.56. The Balaban J connectivity index is 1.59. The zero-order valence-electron chi connectivity index (χ0n) is 15.8. The van der Waals surface area contributed by atoms with Gasteiger partial charge in [0, 0.05) is 0 Å². The number of carbonyl (C=O) groups excluding carboxylic acids is 1. The average Bonchev–Trinajstić information content (AvgIpc) is 3.08. The van der Waals surface area contributed by atoms with Crippen LogP contribution in [0.25, 0.3) is 21.0 Å². The molecule has 0 radical (unpaired) electrons. The maximum absolute atomic E-state index is 12.4. The highest BCUT2D eigenvalue weighted by atomic mass is 32.1. The molecule has 0 aliphatic rings. The summed E-state index contributed by atoms with van der Waals surface area (Å²) in [5.74, 6) is 3.61. The normalized spacial score (nSPS) is 11.5. The SMILES string of the molecule is C#CCn1c(=NC(=O)COc2ccc3ccccc3c2)sc2cc(OC)ccc21. The minimum atomic E-state index is -0.373. The van der Waals surface area contributed by atoms with Crippen LogP contribution < -0.4 is 14.3 Å². The molecule has 0 aliphatic carbocycles. The molecule has 0 unspecified atom stereocenters. The molecular formula is C23H18N2O3S. The molecule has 0 N–H and O–H groups in total. The maximum atomic E-state index is 12.4. The van der Waals surface area contributed by atoms with Crippen molar-refractivity contribution in [2.75, 3.05) is 13.7 Å². The van der Waals surface area contributed by atoms with E-state index in [9.17, 15) is 4.79 Å². The highest BCUT2D eigenvalue weighted by molar-refractivity contribution is 7.16. The van der Waals surface area contributed by atoms with Crippen molar-refractivity contribution in [1.29, 1.82) is 0 Å². The third-order valence-electron chi connectivity index (χ3n) is 4.44. The summed E-state index contributed by atoms with van der Waals surface area (Å²) in [6.45, 7) is 0.177. The van der Waals surface area contributed by atoms with Crippen LogP contribution in [0.5, 0.6) is 11.5 Å². The van der Waals surface area contributed by atoms with Crippen LogP contribution in [0.1, 0.15) is 0 Å². The van der Waals surface area contributed by atoms with Crippen LogP contribution in [-0.4, -0.2) is 24.2 Å². The van der Waals surface area contributed by atoms with E-state index in [4.69, 9.17) is 15.9 Å². The fourth-order valence-corrected chi connectivity index (χ4v) is 4.13. The van der Waals surface area contributed by atoms with Gasteiger partial charge >= 0.3 is 0 Å². The number of benzene rings is 3. The predicted molar refractivity (Wildman–Crippen MR) is 115 cm³/mol. The summed E-state index contributed by atoms with van der Waals surface area (Å²) in [7, 11) is 1.61. The van der Waals surface area contributed by atoms with Crippen LogP contribution in [0.15, 0.2) is 65.7 Å². The van der Waals surface area contributed by atoms with Crippen molar-refractivity contribution in [3.05, 3.63) is 65.5 Å². The first kappa shape index (κ1) is 18.8. The van der Waals surface area contributed by atoms with Crippen molar-refractivity contribution in [2.24, 2.45) is 4.99 Å². The summed E-state index contributed by atoms with van der Waals surface area (Å²) < 4.78 is 13.7. The van der Waals surface area contributed by atoms with Gasteiger partial charge in [-0.05, 0) is 41.1 Å². The van der Waals surface area contributed by atoms with Gasteiger partial charge in [0.05, 0.1) is 23.9 Å². The number of hydrogen-bond donors (Lipinski definition) is 0. The number of thiazole rings is 1. The fourth-order valence-electron chi connectivity index (χ4n) is 3.05. The van der Waals surface area contributed by atoms with Crippen LogP contribution >= 0.6 is 11.3 Å². The van der Waals surface area contributed by atoms with Gasteiger partial charge in [-0.1, -0.05) is 47.6 Å². The number of fused-ring (bicyclic) bond motifs is 2. The van der Waals surface area contributed by atoms with E-state index in [2.05, 4.69) is 10.9 Å². The topological polar surface area (TPSA) is 52.8 Å². The number of rotatable bonds is 5. The lowest BCUT2D eigenvalue weighted by Crippen LogP contribution is -2.19. The van der Waals surface area contributed by atoms with Gasteiger partial charge in [0.1, 0.15) is 11.5 Å². The zero-order chi connectivity index (χ0) is 20.2. The van der Waals surface area contributed by atoms with E-state index in [0.29, 0.717) is 17.1 Å².